The molecule has 19 heavy (non-hydrogen) atoms. The molecule has 1 rings (SSSR count). The van der Waals surface area contributed by atoms with Crippen LogP contribution in [0.2, 0.25) is 0 Å². The normalized spacial score (nSPS) is 13.0. The topological polar surface area (TPSA) is 100 Å². The Labute approximate surface area is 115 Å². The van der Waals surface area contributed by atoms with Gasteiger partial charge >= 0.3 is 5.97 Å². The lowest BCUT2D eigenvalue weighted by Crippen LogP contribution is -2.31. The molecule has 0 aliphatic heterocycles. The zero-order valence-electron chi connectivity index (χ0n) is 10.7. The van der Waals surface area contributed by atoms with Gasteiger partial charge in [-0.2, -0.15) is 9.57 Å². The van der Waals surface area contributed by atoms with E-state index in [1.807, 2.05) is 6.07 Å². The number of hydrogen-bond donors (Lipinski definition) is 0. The summed E-state index contributed by atoms with van der Waals surface area (Å²) in [6.45, 7) is 1.65. The summed E-state index contributed by atoms with van der Waals surface area (Å²) >= 11 is 0.839. The summed E-state index contributed by atoms with van der Waals surface area (Å²) in [6.07, 6.45) is 0. The number of aromatic nitrogens is 1. The standard InChI is InChI=1S/C10H13N3O4S2/c1-7(4-11)5-13(2)19(15,16)10-8(9(14)17-3)12-6-18-10/h6-7H,5H2,1-3H3. The van der Waals surface area contributed by atoms with Crippen LogP contribution < -0.4 is 0 Å². The predicted molar refractivity (Wildman–Crippen MR) is 68.0 cm³/mol. The molecule has 9 heteroatoms. The summed E-state index contributed by atoms with van der Waals surface area (Å²) in [5.74, 6) is -1.25. The van der Waals surface area contributed by atoms with Crippen LogP contribution in [0.15, 0.2) is 9.72 Å². The Morgan fingerprint density at radius 2 is 2.32 bits per heavy atom. The van der Waals surface area contributed by atoms with Crippen LogP contribution in [-0.2, 0) is 14.8 Å². The van der Waals surface area contributed by atoms with Crippen molar-refractivity contribution in [2.45, 2.75) is 11.1 Å². The molecule has 0 aromatic carbocycles. The monoisotopic (exact) mass is 303 g/mol. The summed E-state index contributed by atoms with van der Waals surface area (Å²) in [6, 6.07) is 1.95. The van der Waals surface area contributed by atoms with Gasteiger partial charge in [-0.05, 0) is 6.92 Å². The highest BCUT2D eigenvalue weighted by atomic mass is 32.2. The third kappa shape index (κ3) is 3.28. The van der Waals surface area contributed by atoms with Crippen molar-refractivity contribution in [1.29, 1.82) is 5.26 Å². The zero-order chi connectivity index (χ0) is 14.6. The fraction of sp³-hybridized carbons (Fsp3) is 0.500. The Hall–Kier alpha value is -1.50. The molecule has 0 aliphatic rings. The van der Waals surface area contributed by atoms with Crippen LogP contribution in [0, 0.1) is 17.2 Å². The van der Waals surface area contributed by atoms with Gasteiger partial charge in [-0.1, -0.05) is 0 Å². The van der Waals surface area contributed by atoms with E-state index in [1.54, 1.807) is 6.92 Å². The largest absolute Gasteiger partial charge is 0.464 e. The first-order chi connectivity index (χ1) is 8.84. The molecule has 7 nitrogen and oxygen atoms in total. The summed E-state index contributed by atoms with van der Waals surface area (Å²) in [7, 11) is -1.35. The number of hydrogen-bond acceptors (Lipinski definition) is 7. The molecule has 0 saturated heterocycles. The number of carbonyl (C=O) groups is 1. The highest BCUT2D eigenvalue weighted by Gasteiger charge is 2.30. The zero-order valence-corrected chi connectivity index (χ0v) is 12.3. The molecule has 0 fully saturated rings. The van der Waals surface area contributed by atoms with Gasteiger partial charge < -0.3 is 4.74 Å². The Balaban J connectivity index is 3.11. The minimum atomic E-state index is -3.85. The quantitative estimate of drug-likeness (QED) is 0.743. The maximum absolute atomic E-state index is 12.3. The van der Waals surface area contributed by atoms with Crippen LogP contribution in [0.4, 0.5) is 0 Å². The van der Waals surface area contributed by atoms with Gasteiger partial charge in [0.25, 0.3) is 10.0 Å². The number of thiazole rings is 1. The Morgan fingerprint density at radius 3 is 2.84 bits per heavy atom. The molecule has 1 atom stereocenters. The van der Waals surface area contributed by atoms with E-state index in [2.05, 4.69) is 9.72 Å². The molecular weight excluding hydrogens is 290 g/mol. The van der Waals surface area contributed by atoms with Gasteiger partial charge in [-0.3, -0.25) is 0 Å². The van der Waals surface area contributed by atoms with E-state index in [-0.39, 0.29) is 16.4 Å². The van der Waals surface area contributed by atoms with Crippen molar-refractivity contribution >= 4 is 27.3 Å². The average Bonchev–Trinajstić information content (AvgIpc) is 2.87. The first kappa shape index (κ1) is 15.6. The van der Waals surface area contributed by atoms with Gasteiger partial charge in [-0.25, -0.2) is 18.2 Å². The summed E-state index contributed by atoms with van der Waals surface area (Å²) in [5.41, 5.74) is 1.03. The van der Waals surface area contributed by atoms with Gasteiger partial charge in [0.1, 0.15) is 0 Å². The second-order valence-electron chi connectivity index (χ2n) is 3.80. The summed E-state index contributed by atoms with van der Waals surface area (Å²) < 4.78 is 29.9. The van der Waals surface area contributed by atoms with Crippen molar-refractivity contribution in [2.24, 2.45) is 5.92 Å². The minimum Gasteiger partial charge on any atom is -0.464 e. The second-order valence-corrected chi connectivity index (χ2v) is 6.89. The van der Waals surface area contributed by atoms with Crippen LogP contribution in [-0.4, -0.2) is 44.4 Å². The number of sulfonamides is 1. The molecule has 0 spiro atoms. The van der Waals surface area contributed by atoms with Crippen molar-refractivity contribution in [3.05, 3.63) is 11.2 Å². The van der Waals surface area contributed by atoms with Gasteiger partial charge in [0.05, 0.1) is 24.6 Å². The Morgan fingerprint density at radius 1 is 1.68 bits per heavy atom. The van der Waals surface area contributed by atoms with Crippen LogP contribution >= 0.6 is 11.3 Å². The lowest BCUT2D eigenvalue weighted by Gasteiger charge is -2.17. The Bertz CT molecular complexity index is 603. The third-order valence-corrected chi connectivity index (χ3v) is 5.48. The molecule has 0 amide bonds. The number of esters is 1. The Kier molecular flexibility index (Phi) is 4.99. The van der Waals surface area contributed by atoms with Gasteiger partial charge in [0.15, 0.2) is 9.90 Å². The van der Waals surface area contributed by atoms with Gasteiger partial charge in [-0.15, -0.1) is 11.3 Å². The molecule has 0 bridgehead atoms. The van der Waals surface area contributed by atoms with Crippen LogP contribution in [0.1, 0.15) is 17.4 Å². The molecule has 0 N–H and O–H groups in total. The lowest BCUT2D eigenvalue weighted by molar-refractivity contribution is 0.0590. The number of carbonyl (C=O) groups excluding carboxylic acids is 1. The molecule has 1 aromatic rings. The first-order valence-electron chi connectivity index (χ1n) is 5.22. The van der Waals surface area contributed by atoms with E-state index >= 15 is 0 Å². The number of rotatable bonds is 5. The smallest absolute Gasteiger partial charge is 0.358 e. The van der Waals surface area contributed by atoms with E-state index in [1.165, 1.54) is 12.6 Å². The molecule has 1 unspecified atom stereocenters. The van der Waals surface area contributed by atoms with Crippen molar-refractivity contribution < 1.29 is 17.9 Å². The SMILES string of the molecule is COC(=O)c1ncsc1S(=O)(=O)N(C)CC(C)C#N. The van der Waals surface area contributed by atoms with E-state index in [0.29, 0.717) is 0 Å². The van der Waals surface area contributed by atoms with Crippen molar-refractivity contribution in [2.75, 3.05) is 20.7 Å². The average molecular weight is 303 g/mol. The van der Waals surface area contributed by atoms with Gasteiger partial charge in [0, 0.05) is 13.6 Å². The maximum Gasteiger partial charge on any atom is 0.358 e. The molecule has 0 aliphatic carbocycles. The van der Waals surface area contributed by atoms with Crippen molar-refractivity contribution in [3.8, 4) is 6.07 Å². The van der Waals surface area contributed by atoms with E-state index in [4.69, 9.17) is 5.26 Å². The number of nitriles is 1. The van der Waals surface area contributed by atoms with E-state index < -0.39 is 21.9 Å². The van der Waals surface area contributed by atoms with Crippen LogP contribution in [0.25, 0.3) is 0 Å². The fourth-order valence-corrected chi connectivity index (χ4v) is 3.90. The number of nitrogens with zero attached hydrogens (tertiary/aromatic N) is 3. The van der Waals surface area contributed by atoms with Gasteiger partial charge in [0.2, 0.25) is 0 Å². The third-order valence-electron chi connectivity index (χ3n) is 2.31. The van der Waals surface area contributed by atoms with Crippen molar-refractivity contribution in [1.82, 2.24) is 9.29 Å². The molecule has 1 heterocycles. The minimum absolute atomic E-state index is 0.0390. The molecule has 0 saturated carbocycles. The molecule has 1 aromatic heterocycles. The van der Waals surface area contributed by atoms with E-state index in [0.717, 1.165) is 22.8 Å². The fourth-order valence-electron chi connectivity index (χ4n) is 1.32. The molecule has 104 valence electrons. The molecule has 0 radical (unpaired) electrons. The first-order valence-corrected chi connectivity index (χ1v) is 7.54. The van der Waals surface area contributed by atoms with Crippen LogP contribution in [0.3, 0.4) is 0 Å². The summed E-state index contributed by atoms with van der Waals surface area (Å²) in [5, 5.41) is 8.71. The highest BCUT2D eigenvalue weighted by Crippen LogP contribution is 2.24. The number of methoxy groups -OCH3 is 1. The second kappa shape index (κ2) is 6.10. The highest BCUT2D eigenvalue weighted by molar-refractivity contribution is 7.91. The molecular formula is C10H13N3O4S2. The van der Waals surface area contributed by atoms with Crippen molar-refractivity contribution in [3.63, 3.8) is 0 Å². The summed E-state index contributed by atoms with van der Waals surface area (Å²) in [4.78, 5) is 15.1. The maximum atomic E-state index is 12.3. The number of ether oxygens (including phenoxy) is 1. The van der Waals surface area contributed by atoms with Crippen LogP contribution in [0.5, 0.6) is 0 Å². The lowest BCUT2D eigenvalue weighted by atomic mass is 10.2. The predicted octanol–water partition coefficient (Wildman–Crippen LogP) is 0.710. The van der Waals surface area contributed by atoms with E-state index in [9.17, 15) is 13.2 Å².